The van der Waals surface area contributed by atoms with Crippen LogP contribution >= 0.6 is 0 Å². The number of aromatic nitrogens is 2. The van der Waals surface area contributed by atoms with E-state index in [1.165, 1.54) is 17.7 Å². The molecule has 0 aliphatic carbocycles. The van der Waals surface area contributed by atoms with Gasteiger partial charge in [-0.1, -0.05) is 38.1 Å². The number of benzene rings is 1. The van der Waals surface area contributed by atoms with Gasteiger partial charge in [0.05, 0.1) is 23.7 Å². The first-order valence-corrected chi connectivity index (χ1v) is 10.6. The fraction of sp³-hybridized carbons (Fsp3) is 0.375. The molecule has 1 aliphatic rings. The zero-order chi connectivity index (χ0) is 23.4. The van der Waals surface area contributed by atoms with E-state index in [-0.39, 0.29) is 6.61 Å². The van der Waals surface area contributed by atoms with Crippen molar-refractivity contribution >= 4 is 11.8 Å². The van der Waals surface area contributed by atoms with Gasteiger partial charge < -0.3 is 14.8 Å². The second-order valence-corrected chi connectivity index (χ2v) is 7.72. The Bertz CT molecular complexity index is 1170. The summed E-state index contributed by atoms with van der Waals surface area (Å²) in [5.74, 6) is -0.186. The summed E-state index contributed by atoms with van der Waals surface area (Å²) in [5.41, 5.74) is 0.940. The maximum Gasteiger partial charge on any atom is 0.337 e. The van der Waals surface area contributed by atoms with Gasteiger partial charge in [0.15, 0.2) is 0 Å². The van der Waals surface area contributed by atoms with E-state index in [2.05, 4.69) is 18.8 Å². The lowest BCUT2D eigenvalue weighted by molar-refractivity contribution is -0.138. The molecule has 0 saturated carbocycles. The molecule has 170 valence electrons. The molecule has 32 heavy (non-hydrogen) atoms. The molecule has 0 fully saturated rings. The Balaban J connectivity index is 2.17. The molecule has 0 spiro atoms. The predicted molar refractivity (Wildman–Crippen MR) is 123 cm³/mol. The second kappa shape index (κ2) is 9.72. The van der Waals surface area contributed by atoms with E-state index in [0.717, 1.165) is 23.0 Å². The number of hydrogen-bond acceptors (Lipinski definition) is 6. The van der Waals surface area contributed by atoms with E-state index in [0.29, 0.717) is 35.0 Å². The van der Waals surface area contributed by atoms with Crippen LogP contribution in [0.4, 0.5) is 5.82 Å². The van der Waals surface area contributed by atoms with E-state index >= 15 is 0 Å². The average Bonchev–Trinajstić information content (AvgIpc) is 2.79. The number of carbonyl (C=O) groups excluding carboxylic acids is 1. The normalized spacial score (nSPS) is 15.1. The first kappa shape index (κ1) is 23.1. The number of anilines is 1. The number of hydrogen-bond donors (Lipinski definition) is 1. The summed E-state index contributed by atoms with van der Waals surface area (Å²) in [6, 6.07) is 7.31. The van der Waals surface area contributed by atoms with Crippen LogP contribution in [0, 0.1) is 0 Å². The Morgan fingerprint density at radius 3 is 2.50 bits per heavy atom. The van der Waals surface area contributed by atoms with Gasteiger partial charge in [0.2, 0.25) is 0 Å². The minimum atomic E-state index is -0.709. The Morgan fingerprint density at radius 1 is 1.19 bits per heavy atom. The van der Waals surface area contributed by atoms with E-state index in [4.69, 9.17) is 9.47 Å². The highest BCUT2D eigenvalue weighted by Gasteiger charge is 2.37. The number of carbonyl (C=O) groups is 1. The molecule has 1 aliphatic heterocycles. The number of unbranched alkanes of at least 4 members (excludes halogenated alkanes) is 1. The highest BCUT2D eigenvalue weighted by atomic mass is 16.5. The summed E-state index contributed by atoms with van der Waals surface area (Å²) in [6.45, 7) is 8.07. The van der Waals surface area contributed by atoms with E-state index in [1.54, 1.807) is 14.0 Å². The molecule has 0 radical (unpaired) electrons. The third-order valence-electron chi connectivity index (χ3n) is 5.52. The van der Waals surface area contributed by atoms with Crippen molar-refractivity contribution < 1.29 is 14.3 Å². The number of esters is 1. The van der Waals surface area contributed by atoms with Crippen molar-refractivity contribution in [2.45, 2.75) is 32.6 Å². The monoisotopic (exact) mass is 439 g/mol. The maximum absolute atomic E-state index is 13.2. The molecule has 2 aromatic rings. The predicted octanol–water partition coefficient (Wildman–Crippen LogP) is 2.82. The standard InChI is InChI=1S/C24H29N3O5/c1-6-8-14-31-17-11-9-16(10-12-17)19-18(23(29)32-13-7-2)15(3)25-21-20(19)22(28)27(5)24(30)26(21)4/h7,9-12,19,25H,2,6,8,13-14H2,1,3-5H3/t19-/m0/s1. The van der Waals surface area contributed by atoms with Crippen LogP contribution < -0.4 is 21.3 Å². The first-order chi connectivity index (χ1) is 15.3. The van der Waals surface area contributed by atoms with Gasteiger partial charge in [0.1, 0.15) is 18.2 Å². The fourth-order valence-electron chi connectivity index (χ4n) is 3.79. The van der Waals surface area contributed by atoms with Crippen molar-refractivity contribution in [1.82, 2.24) is 9.13 Å². The summed E-state index contributed by atoms with van der Waals surface area (Å²) in [5, 5.41) is 3.07. The smallest absolute Gasteiger partial charge is 0.337 e. The van der Waals surface area contributed by atoms with Crippen molar-refractivity contribution in [1.29, 1.82) is 0 Å². The van der Waals surface area contributed by atoms with Gasteiger partial charge in [-0.2, -0.15) is 0 Å². The summed E-state index contributed by atoms with van der Waals surface area (Å²) >= 11 is 0. The molecule has 0 unspecified atom stereocenters. The molecule has 1 aromatic carbocycles. The van der Waals surface area contributed by atoms with Gasteiger partial charge in [-0.25, -0.2) is 9.59 Å². The highest BCUT2D eigenvalue weighted by Crippen LogP contribution is 2.40. The maximum atomic E-state index is 13.2. The summed E-state index contributed by atoms with van der Waals surface area (Å²) in [6.07, 6.45) is 3.47. The van der Waals surface area contributed by atoms with Gasteiger partial charge in [0, 0.05) is 19.8 Å². The second-order valence-electron chi connectivity index (χ2n) is 7.72. The zero-order valence-electron chi connectivity index (χ0n) is 18.9. The fourth-order valence-corrected chi connectivity index (χ4v) is 3.79. The van der Waals surface area contributed by atoms with Crippen LogP contribution in [0.15, 0.2) is 57.8 Å². The quantitative estimate of drug-likeness (QED) is 0.386. The summed E-state index contributed by atoms with van der Waals surface area (Å²) in [7, 11) is 3.01. The third-order valence-corrected chi connectivity index (χ3v) is 5.52. The van der Waals surface area contributed by atoms with E-state index in [1.807, 2.05) is 24.3 Å². The first-order valence-electron chi connectivity index (χ1n) is 10.6. The van der Waals surface area contributed by atoms with Crippen LogP contribution in [0.1, 0.15) is 43.7 Å². The molecule has 2 heterocycles. The van der Waals surface area contributed by atoms with Gasteiger partial charge in [-0.3, -0.25) is 13.9 Å². The van der Waals surface area contributed by atoms with Crippen LogP contribution in [0.25, 0.3) is 0 Å². The molecule has 1 aromatic heterocycles. The number of allylic oxidation sites excluding steroid dienone is 1. The van der Waals surface area contributed by atoms with Crippen molar-refractivity contribution in [3.63, 3.8) is 0 Å². The molecule has 1 atom stereocenters. The molecule has 0 saturated heterocycles. The van der Waals surface area contributed by atoms with Crippen LogP contribution in [-0.2, 0) is 23.6 Å². The Kier molecular flexibility index (Phi) is 7.02. The molecule has 0 amide bonds. The third kappa shape index (κ3) is 4.26. The number of ether oxygens (including phenoxy) is 2. The Hall–Kier alpha value is -3.55. The van der Waals surface area contributed by atoms with Gasteiger partial charge in [-0.15, -0.1) is 0 Å². The molecular formula is C24H29N3O5. The number of rotatable bonds is 8. The number of nitrogens with one attached hydrogen (secondary N) is 1. The topological polar surface area (TPSA) is 91.6 Å². The van der Waals surface area contributed by atoms with Crippen molar-refractivity contribution in [2.75, 3.05) is 18.5 Å². The number of nitrogens with zero attached hydrogens (tertiary/aromatic N) is 2. The van der Waals surface area contributed by atoms with E-state index < -0.39 is 23.1 Å². The van der Waals surface area contributed by atoms with Crippen LogP contribution in [-0.4, -0.2) is 28.3 Å². The van der Waals surface area contributed by atoms with Crippen LogP contribution in [0.3, 0.4) is 0 Å². The Morgan fingerprint density at radius 2 is 1.88 bits per heavy atom. The largest absolute Gasteiger partial charge is 0.494 e. The van der Waals surface area contributed by atoms with Crippen molar-refractivity contribution in [3.8, 4) is 5.75 Å². The molecule has 3 rings (SSSR count). The molecule has 8 nitrogen and oxygen atoms in total. The Labute approximate surface area is 186 Å². The average molecular weight is 440 g/mol. The summed E-state index contributed by atoms with van der Waals surface area (Å²) < 4.78 is 13.5. The molecular weight excluding hydrogens is 410 g/mol. The van der Waals surface area contributed by atoms with Crippen LogP contribution in [0.5, 0.6) is 5.75 Å². The SMILES string of the molecule is C=CCOC(=O)C1=C(C)Nc2c(c(=O)n(C)c(=O)n2C)[C@H]1c1ccc(OCCCC)cc1. The molecule has 0 bridgehead atoms. The molecule has 1 N–H and O–H groups in total. The molecule has 8 heteroatoms. The highest BCUT2D eigenvalue weighted by molar-refractivity contribution is 5.94. The van der Waals surface area contributed by atoms with Gasteiger partial charge in [0.25, 0.3) is 5.56 Å². The minimum Gasteiger partial charge on any atom is -0.494 e. The van der Waals surface area contributed by atoms with Gasteiger partial charge >= 0.3 is 11.7 Å². The van der Waals surface area contributed by atoms with E-state index in [9.17, 15) is 14.4 Å². The lowest BCUT2D eigenvalue weighted by atomic mass is 9.82. The minimum absolute atomic E-state index is 0.0463. The summed E-state index contributed by atoms with van der Waals surface area (Å²) in [4.78, 5) is 38.7. The number of fused-ring (bicyclic) bond motifs is 1. The van der Waals surface area contributed by atoms with Gasteiger partial charge in [-0.05, 0) is 31.0 Å². The lowest BCUT2D eigenvalue weighted by Crippen LogP contribution is -2.43. The van der Waals surface area contributed by atoms with Crippen LogP contribution in [0.2, 0.25) is 0 Å². The lowest BCUT2D eigenvalue weighted by Gasteiger charge is -2.30. The van der Waals surface area contributed by atoms with Crippen molar-refractivity contribution in [2.24, 2.45) is 14.1 Å². The van der Waals surface area contributed by atoms with Crippen molar-refractivity contribution in [3.05, 3.63) is 80.2 Å². The zero-order valence-corrected chi connectivity index (χ0v) is 18.9.